The molecule has 2 fully saturated rings. The number of piperidine rings is 1. The number of alkyl halides is 1. The number of benzene rings is 2. The second kappa shape index (κ2) is 8.23. The van der Waals surface area contributed by atoms with Gasteiger partial charge in [0, 0.05) is 25.6 Å². The molecule has 4 rings (SSSR count). The molecule has 2 aromatic rings. The minimum atomic E-state index is -1.09. The van der Waals surface area contributed by atoms with Gasteiger partial charge in [-0.1, -0.05) is 42.0 Å². The van der Waals surface area contributed by atoms with Crippen molar-refractivity contribution < 1.29 is 13.6 Å². The number of likely N-dealkylation sites (tertiary alicyclic amines) is 2. The minimum Gasteiger partial charge on any atom is -0.337 e. The highest BCUT2D eigenvalue weighted by atomic mass is 19.1. The lowest BCUT2D eigenvalue weighted by atomic mass is 9.87. The molecule has 2 saturated heterocycles. The van der Waals surface area contributed by atoms with Crippen LogP contribution in [0.2, 0.25) is 0 Å². The van der Waals surface area contributed by atoms with Gasteiger partial charge in [0.05, 0.1) is 6.04 Å². The average Bonchev–Trinajstić information content (AvgIpc) is 3.06. The van der Waals surface area contributed by atoms with E-state index in [0.29, 0.717) is 31.6 Å². The summed E-state index contributed by atoms with van der Waals surface area (Å²) >= 11 is 0. The molecule has 2 aliphatic rings. The molecule has 0 saturated carbocycles. The molecule has 29 heavy (non-hydrogen) atoms. The maximum atomic E-state index is 15.0. The van der Waals surface area contributed by atoms with Crippen LogP contribution in [0.25, 0.3) is 0 Å². The maximum Gasteiger partial charge on any atom is 0.240 e. The Bertz CT molecular complexity index is 883. The van der Waals surface area contributed by atoms with Crippen molar-refractivity contribution in [3.05, 3.63) is 70.5 Å². The molecule has 0 spiro atoms. The van der Waals surface area contributed by atoms with E-state index in [9.17, 15) is 13.6 Å². The molecule has 5 heteroatoms. The molecule has 0 unspecified atom stereocenters. The van der Waals surface area contributed by atoms with Crippen LogP contribution in [0.5, 0.6) is 0 Å². The van der Waals surface area contributed by atoms with Crippen molar-refractivity contribution in [2.75, 3.05) is 19.6 Å². The van der Waals surface area contributed by atoms with E-state index in [1.807, 2.05) is 22.8 Å². The van der Waals surface area contributed by atoms with Crippen molar-refractivity contribution in [3.8, 4) is 0 Å². The number of hydrogen-bond donors (Lipinski definition) is 0. The molecule has 3 nitrogen and oxygen atoms in total. The van der Waals surface area contributed by atoms with Crippen LogP contribution in [-0.2, 0) is 11.3 Å². The number of hydrogen-bond acceptors (Lipinski definition) is 2. The van der Waals surface area contributed by atoms with Crippen LogP contribution in [0.1, 0.15) is 41.0 Å². The zero-order valence-corrected chi connectivity index (χ0v) is 17.1. The lowest BCUT2D eigenvalue weighted by Gasteiger charge is -2.37. The molecule has 2 aromatic carbocycles. The number of carbonyl (C=O) groups excluding carboxylic acids is 1. The van der Waals surface area contributed by atoms with Crippen LogP contribution < -0.4 is 0 Å². The summed E-state index contributed by atoms with van der Waals surface area (Å²) in [7, 11) is 0. The fourth-order valence-electron chi connectivity index (χ4n) is 4.56. The fourth-order valence-corrected chi connectivity index (χ4v) is 4.56. The lowest BCUT2D eigenvalue weighted by Crippen LogP contribution is -2.49. The van der Waals surface area contributed by atoms with Crippen molar-refractivity contribution in [3.63, 3.8) is 0 Å². The molecule has 3 atom stereocenters. The summed E-state index contributed by atoms with van der Waals surface area (Å²) in [6.45, 7) is 5.96. The van der Waals surface area contributed by atoms with Gasteiger partial charge in [-0.2, -0.15) is 0 Å². The highest BCUT2D eigenvalue weighted by Gasteiger charge is 2.40. The van der Waals surface area contributed by atoms with Crippen molar-refractivity contribution in [2.24, 2.45) is 0 Å². The van der Waals surface area contributed by atoms with Crippen LogP contribution in [-0.4, -0.2) is 47.6 Å². The SMILES string of the molecule is Cc1ccc(CN2CC[C@H](N3CC[C@@H](c4ccc(C)c(F)c4)[C@H](F)C3)C2=O)cc1. The molecule has 2 heterocycles. The summed E-state index contributed by atoms with van der Waals surface area (Å²) in [5.41, 5.74) is 3.61. The zero-order valence-electron chi connectivity index (χ0n) is 17.1. The summed E-state index contributed by atoms with van der Waals surface area (Å²) in [5, 5.41) is 0. The Hall–Kier alpha value is -2.27. The molecule has 0 aliphatic carbocycles. The predicted molar refractivity (Wildman–Crippen MR) is 110 cm³/mol. The van der Waals surface area contributed by atoms with E-state index in [-0.39, 0.29) is 30.2 Å². The number of halogens is 2. The maximum absolute atomic E-state index is 15.0. The number of amides is 1. The molecule has 0 bridgehead atoms. The first-order valence-electron chi connectivity index (χ1n) is 10.4. The molecule has 0 N–H and O–H groups in total. The quantitative estimate of drug-likeness (QED) is 0.764. The van der Waals surface area contributed by atoms with Crippen LogP contribution in [0.15, 0.2) is 42.5 Å². The van der Waals surface area contributed by atoms with Crippen LogP contribution in [0.4, 0.5) is 8.78 Å². The Balaban J connectivity index is 1.38. The van der Waals surface area contributed by atoms with Gasteiger partial charge in [-0.3, -0.25) is 9.69 Å². The van der Waals surface area contributed by atoms with Gasteiger partial charge in [-0.15, -0.1) is 0 Å². The molecule has 1 amide bonds. The van der Waals surface area contributed by atoms with Crippen LogP contribution >= 0.6 is 0 Å². The highest BCUT2D eigenvalue weighted by molar-refractivity contribution is 5.84. The molecular weight excluding hydrogens is 370 g/mol. The normalized spacial score (nSPS) is 25.6. The van der Waals surface area contributed by atoms with Gasteiger partial charge < -0.3 is 4.90 Å². The topological polar surface area (TPSA) is 23.6 Å². The second-order valence-corrected chi connectivity index (χ2v) is 8.46. The van der Waals surface area contributed by atoms with E-state index in [0.717, 1.165) is 17.5 Å². The van der Waals surface area contributed by atoms with E-state index in [2.05, 4.69) is 24.3 Å². The number of nitrogens with zero attached hydrogens (tertiary/aromatic N) is 2. The molecule has 0 radical (unpaired) electrons. The van der Waals surface area contributed by atoms with Crippen molar-refractivity contribution in [1.29, 1.82) is 0 Å². The van der Waals surface area contributed by atoms with E-state index in [4.69, 9.17) is 0 Å². The summed E-state index contributed by atoms with van der Waals surface area (Å²) in [6, 6.07) is 13.0. The summed E-state index contributed by atoms with van der Waals surface area (Å²) < 4.78 is 28.9. The van der Waals surface area contributed by atoms with Crippen molar-refractivity contribution >= 4 is 5.91 Å². The average molecular weight is 398 g/mol. The molecule has 2 aliphatic heterocycles. The first-order chi connectivity index (χ1) is 13.9. The smallest absolute Gasteiger partial charge is 0.240 e. The lowest BCUT2D eigenvalue weighted by molar-refractivity contribution is -0.133. The fraction of sp³-hybridized carbons (Fsp3) is 0.458. The van der Waals surface area contributed by atoms with Crippen LogP contribution in [0, 0.1) is 19.7 Å². The number of rotatable bonds is 4. The number of aryl methyl sites for hydroxylation is 2. The molecule has 0 aromatic heterocycles. The summed E-state index contributed by atoms with van der Waals surface area (Å²) in [5.74, 6) is -0.492. The Morgan fingerprint density at radius 1 is 1.03 bits per heavy atom. The first kappa shape index (κ1) is 20.0. The second-order valence-electron chi connectivity index (χ2n) is 8.46. The largest absolute Gasteiger partial charge is 0.337 e. The van der Waals surface area contributed by atoms with E-state index in [1.165, 1.54) is 11.6 Å². The van der Waals surface area contributed by atoms with E-state index < -0.39 is 6.17 Å². The Morgan fingerprint density at radius 3 is 2.48 bits per heavy atom. The first-order valence-corrected chi connectivity index (χ1v) is 10.4. The van der Waals surface area contributed by atoms with Gasteiger partial charge in [0.1, 0.15) is 12.0 Å². The van der Waals surface area contributed by atoms with Gasteiger partial charge in [-0.05, 0) is 56.0 Å². The standard InChI is InChI=1S/C24H28F2N2O/c1-16-3-6-18(7-4-16)14-28-12-10-23(24(28)29)27-11-9-20(22(26)15-27)19-8-5-17(2)21(25)13-19/h3-8,13,20,22-23H,9-12,14-15H2,1-2H3/t20-,22+,23-/m0/s1. The Labute approximate surface area is 171 Å². The molecule has 154 valence electrons. The van der Waals surface area contributed by atoms with E-state index in [1.54, 1.807) is 13.0 Å². The van der Waals surface area contributed by atoms with Gasteiger partial charge >= 0.3 is 0 Å². The van der Waals surface area contributed by atoms with Gasteiger partial charge in [0.2, 0.25) is 5.91 Å². The third-order valence-electron chi connectivity index (χ3n) is 6.40. The monoisotopic (exact) mass is 398 g/mol. The van der Waals surface area contributed by atoms with Gasteiger partial charge in [0.15, 0.2) is 0 Å². The summed E-state index contributed by atoms with van der Waals surface area (Å²) in [4.78, 5) is 16.8. The van der Waals surface area contributed by atoms with Crippen molar-refractivity contribution in [2.45, 2.75) is 51.4 Å². The van der Waals surface area contributed by atoms with Crippen LogP contribution in [0.3, 0.4) is 0 Å². The Morgan fingerprint density at radius 2 is 1.79 bits per heavy atom. The third kappa shape index (κ3) is 4.20. The predicted octanol–water partition coefficient (Wildman–Crippen LogP) is 4.37. The summed E-state index contributed by atoms with van der Waals surface area (Å²) in [6.07, 6.45) is 0.247. The third-order valence-corrected chi connectivity index (χ3v) is 6.40. The minimum absolute atomic E-state index is 0.0950. The van der Waals surface area contributed by atoms with Crippen molar-refractivity contribution in [1.82, 2.24) is 9.80 Å². The van der Waals surface area contributed by atoms with Gasteiger partial charge in [0.25, 0.3) is 0 Å². The Kier molecular flexibility index (Phi) is 5.68. The number of carbonyl (C=O) groups is 1. The van der Waals surface area contributed by atoms with Gasteiger partial charge in [-0.25, -0.2) is 8.78 Å². The highest BCUT2D eigenvalue weighted by Crippen LogP contribution is 2.33. The zero-order chi connectivity index (χ0) is 20.5. The molecular formula is C24H28F2N2O. The van der Waals surface area contributed by atoms with E-state index >= 15 is 0 Å².